The van der Waals surface area contributed by atoms with Gasteiger partial charge in [-0.1, -0.05) is 12.1 Å². The molecule has 0 saturated carbocycles. The predicted octanol–water partition coefficient (Wildman–Crippen LogP) is 4.83. The second-order valence-corrected chi connectivity index (χ2v) is 4.74. The van der Waals surface area contributed by atoms with Gasteiger partial charge in [-0.3, -0.25) is 9.97 Å². The molecule has 5 heteroatoms. The van der Waals surface area contributed by atoms with E-state index in [1.54, 1.807) is 30.6 Å². The van der Waals surface area contributed by atoms with Crippen molar-refractivity contribution in [2.45, 2.75) is 6.18 Å². The average Bonchev–Trinajstić information content (AvgIpc) is 2.55. The molecular weight excluding hydrogens is 289 g/mol. The molecule has 0 aliphatic heterocycles. The van der Waals surface area contributed by atoms with Crippen LogP contribution >= 0.6 is 0 Å². The van der Waals surface area contributed by atoms with E-state index in [2.05, 4.69) is 9.97 Å². The zero-order valence-electron chi connectivity index (χ0n) is 11.4. The van der Waals surface area contributed by atoms with E-state index < -0.39 is 11.7 Å². The summed E-state index contributed by atoms with van der Waals surface area (Å²) in [6, 6.07) is 10.8. The Hall–Kier alpha value is -2.69. The van der Waals surface area contributed by atoms with Crippen LogP contribution in [0.4, 0.5) is 13.2 Å². The lowest BCUT2D eigenvalue weighted by Gasteiger charge is -2.14. The lowest BCUT2D eigenvalue weighted by molar-refractivity contribution is -0.137. The molecule has 2 aromatic heterocycles. The Balaban J connectivity index is 2.20. The van der Waals surface area contributed by atoms with Gasteiger partial charge in [0.05, 0.1) is 5.56 Å². The van der Waals surface area contributed by atoms with Crippen LogP contribution in [0.15, 0.2) is 67.3 Å². The van der Waals surface area contributed by atoms with Crippen molar-refractivity contribution in [3.63, 3.8) is 0 Å². The van der Waals surface area contributed by atoms with Crippen molar-refractivity contribution in [3.8, 4) is 22.3 Å². The Labute approximate surface area is 125 Å². The fraction of sp³-hybridized carbons (Fsp3) is 0.0588. The standard InChI is InChI=1S/C17H11F3N2/c18-17(19,20)16-4-3-13(14-2-1-7-22-11-14)10-15(16)12-5-8-21-9-6-12/h1-11H. The molecule has 0 saturated heterocycles. The van der Waals surface area contributed by atoms with Crippen molar-refractivity contribution in [2.75, 3.05) is 0 Å². The number of halogens is 3. The zero-order chi connectivity index (χ0) is 15.6. The highest BCUT2D eigenvalue weighted by molar-refractivity contribution is 5.75. The highest BCUT2D eigenvalue weighted by Crippen LogP contribution is 2.39. The van der Waals surface area contributed by atoms with E-state index in [1.165, 1.54) is 24.5 Å². The van der Waals surface area contributed by atoms with E-state index in [1.807, 2.05) is 6.07 Å². The SMILES string of the molecule is FC(F)(F)c1ccc(-c2cccnc2)cc1-c1ccncc1. The minimum Gasteiger partial charge on any atom is -0.265 e. The summed E-state index contributed by atoms with van der Waals surface area (Å²) in [5.41, 5.74) is 1.41. The molecule has 0 aliphatic rings. The van der Waals surface area contributed by atoms with E-state index in [9.17, 15) is 13.2 Å². The molecule has 0 amide bonds. The van der Waals surface area contributed by atoms with Crippen molar-refractivity contribution < 1.29 is 13.2 Å². The molecule has 0 bridgehead atoms. The summed E-state index contributed by atoms with van der Waals surface area (Å²) in [5, 5.41) is 0. The average molecular weight is 300 g/mol. The lowest BCUT2D eigenvalue weighted by atomic mass is 9.95. The monoisotopic (exact) mass is 300 g/mol. The summed E-state index contributed by atoms with van der Waals surface area (Å²) in [6.45, 7) is 0. The van der Waals surface area contributed by atoms with Crippen molar-refractivity contribution in [2.24, 2.45) is 0 Å². The number of hydrogen-bond donors (Lipinski definition) is 0. The number of benzene rings is 1. The Morgan fingerprint density at radius 3 is 2.14 bits per heavy atom. The van der Waals surface area contributed by atoms with Gasteiger partial charge in [0.15, 0.2) is 0 Å². The highest BCUT2D eigenvalue weighted by Gasteiger charge is 2.33. The second kappa shape index (κ2) is 5.60. The molecule has 2 heterocycles. The molecule has 0 spiro atoms. The number of alkyl halides is 3. The van der Waals surface area contributed by atoms with E-state index in [0.29, 0.717) is 11.1 Å². The van der Waals surface area contributed by atoms with E-state index >= 15 is 0 Å². The normalized spacial score (nSPS) is 11.4. The van der Waals surface area contributed by atoms with Gasteiger partial charge in [0.25, 0.3) is 0 Å². The summed E-state index contributed by atoms with van der Waals surface area (Å²) in [6.07, 6.45) is 1.79. The van der Waals surface area contributed by atoms with Gasteiger partial charge < -0.3 is 0 Å². The maximum Gasteiger partial charge on any atom is 0.417 e. The Morgan fingerprint density at radius 1 is 0.727 bits per heavy atom. The number of nitrogens with zero attached hydrogens (tertiary/aromatic N) is 2. The van der Waals surface area contributed by atoms with Crippen LogP contribution in [-0.4, -0.2) is 9.97 Å². The first kappa shape index (κ1) is 14.3. The van der Waals surface area contributed by atoms with Gasteiger partial charge in [0, 0.05) is 30.4 Å². The first-order valence-corrected chi connectivity index (χ1v) is 6.58. The number of aromatic nitrogens is 2. The summed E-state index contributed by atoms with van der Waals surface area (Å²) in [7, 11) is 0. The van der Waals surface area contributed by atoms with Gasteiger partial charge in [-0.15, -0.1) is 0 Å². The smallest absolute Gasteiger partial charge is 0.265 e. The third-order valence-corrected chi connectivity index (χ3v) is 3.31. The fourth-order valence-electron chi connectivity index (χ4n) is 2.27. The van der Waals surface area contributed by atoms with Crippen LogP contribution in [0, 0.1) is 0 Å². The first-order chi connectivity index (χ1) is 10.6. The molecule has 110 valence electrons. The van der Waals surface area contributed by atoms with E-state index in [0.717, 1.165) is 11.6 Å². The maximum absolute atomic E-state index is 13.2. The zero-order valence-corrected chi connectivity index (χ0v) is 11.4. The molecule has 22 heavy (non-hydrogen) atoms. The van der Waals surface area contributed by atoms with Crippen LogP contribution in [0.5, 0.6) is 0 Å². The van der Waals surface area contributed by atoms with E-state index in [4.69, 9.17) is 0 Å². The van der Waals surface area contributed by atoms with Crippen LogP contribution in [-0.2, 0) is 6.18 Å². The number of rotatable bonds is 2. The molecule has 0 fully saturated rings. The molecule has 2 nitrogen and oxygen atoms in total. The van der Waals surface area contributed by atoms with Crippen LogP contribution in [0.25, 0.3) is 22.3 Å². The molecule has 3 rings (SSSR count). The molecule has 0 radical (unpaired) electrons. The van der Waals surface area contributed by atoms with Crippen LogP contribution < -0.4 is 0 Å². The number of hydrogen-bond acceptors (Lipinski definition) is 2. The summed E-state index contributed by atoms with van der Waals surface area (Å²) in [5.74, 6) is 0. The minimum absolute atomic E-state index is 0.135. The molecule has 0 N–H and O–H groups in total. The van der Waals surface area contributed by atoms with Crippen LogP contribution in [0.1, 0.15) is 5.56 Å². The molecule has 3 aromatic rings. The molecule has 0 atom stereocenters. The van der Waals surface area contributed by atoms with E-state index in [-0.39, 0.29) is 5.56 Å². The van der Waals surface area contributed by atoms with Gasteiger partial charge in [-0.05, 0) is 47.0 Å². The van der Waals surface area contributed by atoms with Crippen molar-refractivity contribution in [3.05, 3.63) is 72.8 Å². The van der Waals surface area contributed by atoms with Crippen LogP contribution in [0.3, 0.4) is 0 Å². The second-order valence-electron chi connectivity index (χ2n) is 4.74. The quantitative estimate of drug-likeness (QED) is 0.677. The molecular formula is C17H11F3N2. The third-order valence-electron chi connectivity index (χ3n) is 3.31. The Morgan fingerprint density at radius 2 is 1.50 bits per heavy atom. The third kappa shape index (κ3) is 2.83. The van der Waals surface area contributed by atoms with Crippen LogP contribution in [0.2, 0.25) is 0 Å². The molecule has 0 unspecified atom stereocenters. The summed E-state index contributed by atoms with van der Waals surface area (Å²) >= 11 is 0. The van der Waals surface area contributed by atoms with Crippen molar-refractivity contribution in [1.82, 2.24) is 9.97 Å². The topological polar surface area (TPSA) is 25.8 Å². The van der Waals surface area contributed by atoms with Gasteiger partial charge in [-0.2, -0.15) is 13.2 Å². The first-order valence-electron chi connectivity index (χ1n) is 6.58. The number of pyridine rings is 2. The highest BCUT2D eigenvalue weighted by atomic mass is 19.4. The van der Waals surface area contributed by atoms with Crippen molar-refractivity contribution >= 4 is 0 Å². The molecule has 1 aromatic carbocycles. The van der Waals surface area contributed by atoms with Gasteiger partial charge in [-0.25, -0.2) is 0 Å². The minimum atomic E-state index is -4.41. The van der Waals surface area contributed by atoms with Gasteiger partial charge >= 0.3 is 6.18 Å². The largest absolute Gasteiger partial charge is 0.417 e. The van der Waals surface area contributed by atoms with Gasteiger partial charge in [0.1, 0.15) is 0 Å². The fourth-order valence-corrected chi connectivity index (χ4v) is 2.27. The Bertz CT molecular complexity index is 769. The maximum atomic E-state index is 13.2. The molecule has 0 aliphatic carbocycles. The summed E-state index contributed by atoms with van der Waals surface area (Å²) < 4.78 is 39.7. The lowest BCUT2D eigenvalue weighted by Crippen LogP contribution is -2.07. The predicted molar refractivity (Wildman–Crippen MR) is 77.9 cm³/mol. The Kier molecular flexibility index (Phi) is 3.63. The van der Waals surface area contributed by atoms with Crippen molar-refractivity contribution in [1.29, 1.82) is 0 Å². The van der Waals surface area contributed by atoms with Gasteiger partial charge in [0.2, 0.25) is 0 Å². The summed E-state index contributed by atoms with van der Waals surface area (Å²) in [4.78, 5) is 7.85.